The van der Waals surface area contributed by atoms with Crippen molar-refractivity contribution in [1.29, 1.82) is 0 Å². The van der Waals surface area contributed by atoms with Gasteiger partial charge in [-0.25, -0.2) is 13.1 Å². The molecule has 3 atom stereocenters. The predicted octanol–water partition coefficient (Wildman–Crippen LogP) is 3.22. The van der Waals surface area contributed by atoms with Gasteiger partial charge in [0.15, 0.2) is 0 Å². The van der Waals surface area contributed by atoms with Crippen molar-refractivity contribution in [2.75, 3.05) is 11.9 Å². The molecule has 1 aromatic carbocycles. The van der Waals surface area contributed by atoms with Crippen LogP contribution < -0.4 is 10.0 Å². The molecule has 1 aliphatic carbocycles. The summed E-state index contributed by atoms with van der Waals surface area (Å²) in [5.41, 5.74) is 0.671. The normalized spacial score (nSPS) is 26.0. The molecule has 21 heavy (non-hydrogen) atoms. The second-order valence-electron chi connectivity index (χ2n) is 5.86. The van der Waals surface area contributed by atoms with Crippen LogP contribution in [0.4, 0.5) is 5.69 Å². The molecule has 5 heteroatoms. The Morgan fingerprint density at radius 1 is 1.19 bits per heavy atom. The van der Waals surface area contributed by atoms with E-state index in [0.717, 1.165) is 19.3 Å². The van der Waals surface area contributed by atoms with Crippen LogP contribution in [0.15, 0.2) is 29.2 Å². The number of benzene rings is 1. The molecule has 0 amide bonds. The van der Waals surface area contributed by atoms with Crippen molar-refractivity contribution in [1.82, 2.24) is 4.72 Å². The molecule has 2 rings (SSSR count). The van der Waals surface area contributed by atoms with Gasteiger partial charge in [-0.15, -0.1) is 0 Å². The molecule has 118 valence electrons. The highest BCUT2D eigenvalue weighted by Gasteiger charge is 2.34. The molecule has 0 spiro atoms. The van der Waals surface area contributed by atoms with Gasteiger partial charge in [-0.2, -0.15) is 0 Å². The van der Waals surface area contributed by atoms with Crippen LogP contribution in [0.1, 0.15) is 40.0 Å². The number of hydrogen-bond acceptors (Lipinski definition) is 3. The Kier molecular flexibility index (Phi) is 5.27. The van der Waals surface area contributed by atoms with Crippen molar-refractivity contribution in [2.24, 2.45) is 11.8 Å². The maximum Gasteiger partial charge on any atom is 0.242 e. The minimum atomic E-state index is -3.47. The summed E-state index contributed by atoms with van der Waals surface area (Å²) in [5, 5.41) is 3.12. The van der Waals surface area contributed by atoms with Gasteiger partial charge in [-0.3, -0.25) is 0 Å². The van der Waals surface area contributed by atoms with Gasteiger partial charge < -0.3 is 5.32 Å². The molecule has 0 radical (unpaired) electrons. The highest BCUT2D eigenvalue weighted by molar-refractivity contribution is 7.89. The Labute approximate surface area is 128 Å². The van der Waals surface area contributed by atoms with Gasteiger partial charge in [0.05, 0.1) is 5.69 Å². The van der Waals surface area contributed by atoms with Crippen LogP contribution in [0.5, 0.6) is 0 Å². The minimum Gasteiger partial charge on any atom is -0.384 e. The molecule has 4 nitrogen and oxygen atoms in total. The molecule has 0 saturated heterocycles. The number of para-hydroxylation sites is 1. The van der Waals surface area contributed by atoms with Crippen LogP contribution in [0.2, 0.25) is 0 Å². The third-order valence-electron chi connectivity index (χ3n) is 4.60. The SMILES string of the molecule is CCNc1ccccc1S(=O)(=O)NC1CCC(CC)C1C. The Morgan fingerprint density at radius 2 is 1.90 bits per heavy atom. The highest BCUT2D eigenvalue weighted by atomic mass is 32.2. The van der Waals surface area contributed by atoms with E-state index in [4.69, 9.17) is 0 Å². The summed E-state index contributed by atoms with van der Waals surface area (Å²) in [4.78, 5) is 0.346. The first-order chi connectivity index (χ1) is 9.99. The average Bonchev–Trinajstić information content (AvgIpc) is 2.80. The summed E-state index contributed by atoms with van der Waals surface area (Å²) in [5.74, 6) is 1.03. The van der Waals surface area contributed by atoms with Crippen LogP contribution >= 0.6 is 0 Å². The monoisotopic (exact) mass is 310 g/mol. The van der Waals surface area contributed by atoms with Gasteiger partial charge in [0, 0.05) is 12.6 Å². The van der Waals surface area contributed by atoms with Crippen LogP contribution in [0.25, 0.3) is 0 Å². The quantitative estimate of drug-likeness (QED) is 0.848. The van der Waals surface area contributed by atoms with Crippen LogP contribution in [-0.2, 0) is 10.0 Å². The van der Waals surface area contributed by atoms with E-state index < -0.39 is 10.0 Å². The summed E-state index contributed by atoms with van der Waals surface area (Å²) in [6.07, 6.45) is 3.16. The van der Waals surface area contributed by atoms with E-state index in [-0.39, 0.29) is 6.04 Å². The molecular formula is C16H26N2O2S. The van der Waals surface area contributed by atoms with Crippen LogP contribution in [0, 0.1) is 11.8 Å². The lowest BCUT2D eigenvalue weighted by Crippen LogP contribution is -2.37. The second-order valence-corrected chi connectivity index (χ2v) is 7.54. The lowest BCUT2D eigenvalue weighted by atomic mass is 9.94. The summed E-state index contributed by atoms with van der Waals surface area (Å²) in [6, 6.07) is 7.14. The fourth-order valence-corrected chi connectivity index (χ4v) is 4.84. The molecule has 1 aromatic rings. The number of hydrogen-bond donors (Lipinski definition) is 2. The molecule has 0 heterocycles. The van der Waals surface area contributed by atoms with E-state index >= 15 is 0 Å². The van der Waals surface area contributed by atoms with Crippen LogP contribution in [0.3, 0.4) is 0 Å². The maximum atomic E-state index is 12.7. The zero-order valence-corrected chi connectivity index (χ0v) is 13.9. The third-order valence-corrected chi connectivity index (χ3v) is 6.15. The van der Waals surface area contributed by atoms with Crippen molar-refractivity contribution < 1.29 is 8.42 Å². The highest BCUT2D eigenvalue weighted by Crippen LogP contribution is 2.35. The first-order valence-corrected chi connectivity index (χ1v) is 9.33. The van der Waals surface area contributed by atoms with E-state index in [1.807, 2.05) is 19.1 Å². The zero-order valence-electron chi connectivity index (χ0n) is 13.1. The topological polar surface area (TPSA) is 58.2 Å². The summed E-state index contributed by atoms with van der Waals surface area (Å²) >= 11 is 0. The van der Waals surface area contributed by atoms with Crippen molar-refractivity contribution in [3.8, 4) is 0 Å². The minimum absolute atomic E-state index is 0.0506. The summed E-state index contributed by atoms with van der Waals surface area (Å²) in [6.45, 7) is 7.00. The van der Waals surface area contributed by atoms with Crippen molar-refractivity contribution in [3.63, 3.8) is 0 Å². The third kappa shape index (κ3) is 3.58. The molecule has 2 N–H and O–H groups in total. The summed E-state index contributed by atoms with van der Waals surface area (Å²) < 4.78 is 28.3. The smallest absolute Gasteiger partial charge is 0.242 e. The molecule has 0 aromatic heterocycles. The largest absolute Gasteiger partial charge is 0.384 e. The van der Waals surface area contributed by atoms with E-state index in [0.29, 0.717) is 29.0 Å². The molecule has 3 unspecified atom stereocenters. The Hall–Kier alpha value is -1.07. The Morgan fingerprint density at radius 3 is 2.52 bits per heavy atom. The molecular weight excluding hydrogens is 284 g/mol. The fraction of sp³-hybridized carbons (Fsp3) is 0.625. The number of anilines is 1. The van der Waals surface area contributed by atoms with E-state index in [2.05, 4.69) is 23.9 Å². The van der Waals surface area contributed by atoms with Gasteiger partial charge in [0.2, 0.25) is 10.0 Å². The number of sulfonamides is 1. The van der Waals surface area contributed by atoms with Crippen molar-refractivity contribution in [3.05, 3.63) is 24.3 Å². The standard InChI is InChI=1S/C16H26N2O2S/c1-4-13-10-11-14(12(13)3)18-21(19,20)16-9-7-6-8-15(16)17-5-2/h6-9,12-14,17-18H,4-5,10-11H2,1-3H3. The first-order valence-electron chi connectivity index (χ1n) is 7.84. The second kappa shape index (κ2) is 6.79. The van der Waals surface area contributed by atoms with E-state index in [9.17, 15) is 8.42 Å². The van der Waals surface area contributed by atoms with Gasteiger partial charge >= 0.3 is 0 Å². The molecule has 0 aliphatic heterocycles. The van der Waals surface area contributed by atoms with Crippen molar-refractivity contribution >= 4 is 15.7 Å². The van der Waals surface area contributed by atoms with E-state index in [1.54, 1.807) is 12.1 Å². The Bertz CT molecular complexity index is 571. The van der Waals surface area contributed by atoms with Crippen LogP contribution in [-0.4, -0.2) is 21.0 Å². The van der Waals surface area contributed by atoms with Gasteiger partial charge in [-0.1, -0.05) is 32.4 Å². The molecule has 1 aliphatic rings. The molecule has 1 fully saturated rings. The van der Waals surface area contributed by atoms with E-state index in [1.165, 1.54) is 0 Å². The summed E-state index contributed by atoms with van der Waals surface area (Å²) in [7, 11) is -3.47. The number of rotatable bonds is 6. The van der Waals surface area contributed by atoms with Crippen molar-refractivity contribution in [2.45, 2.75) is 51.0 Å². The van der Waals surface area contributed by atoms with Gasteiger partial charge in [0.25, 0.3) is 0 Å². The maximum absolute atomic E-state index is 12.7. The fourth-order valence-electron chi connectivity index (χ4n) is 3.29. The average molecular weight is 310 g/mol. The zero-order chi connectivity index (χ0) is 15.5. The lowest BCUT2D eigenvalue weighted by molar-refractivity contribution is 0.368. The predicted molar refractivity (Wildman–Crippen MR) is 86.9 cm³/mol. The molecule has 1 saturated carbocycles. The first kappa shape index (κ1) is 16.3. The molecule has 0 bridgehead atoms. The van der Waals surface area contributed by atoms with Gasteiger partial charge in [0.1, 0.15) is 4.90 Å². The lowest BCUT2D eigenvalue weighted by Gasteiger charge is -2.21. The van der Waals surface area contributed by atoms with Gasteiger partial charge in [-0.05, 0) is 43.7 Å². The number of nitrogens with one attached hydrogen (secondary N) is 2. The Balaban J connectivity index is 2.20.